The highest BCUT2D eigenvalue weighted by atomic mass is 32.2. The van der Waals surface area contributed by atoms with Crippen LogP contribution < -0.4 is 9.46 Å². The van der Waals surface area contributed by atoms with Gasteiger partial charge in [0.2, 0.25) is 10.0 Å². The number of sulfonamides is 1. The Bertz CT molecular complexity index is 1150. The molecule has 1 N–H and O–H groups in total. The molecule has 0 spiro atoms. The van der Waals surface area contributed by atoms with E-state index in [0.29, 0.717) is 24.1 Å². The summed E-state index contributed by atoms with van der Waals surface area (Å²) in [6, 6.07) is 11.2. The Hall–Kier alpha value is -2.71. The van der Waals surface area contributed by atoms with Crippen LogP contribution >= 0.6 is 0 Å². The number of benzene rings is 1. The first-order chi connectivity index (χ1) is 15.5. The molecule has 0 saturated heterocycles. The van der Waals surface area contributed by atoms with E-state index in [9.17, 15) is 8.42 Å². The van der Waals surface area contributed by atoms with Crippen LogP contribution in [0.4, 0.5) is 0 Å². The topological polar surface area (TPSA) is 86.1 Å². The first kappa shape index (κ1) is 22.5. The minimum atomic E-state index is -3.67. The molecule has 1 fully saturated rings. The zero-order valence-electron chi connectivity index (χ0n) is 18.6. The van der Waals surface area contributed by atoms with Crippen molar-refractivity contribution < 1.29 is 13.2 Å². The maximum atomic E-state index is 12.9. The molecule has 0 unspecified atom stereocenters. The zero-order chi connectivity index (χ0) is 22.6. The summed E-state index contributed by atoms with van der Waals surface area (Å²) in [6.45, 7) is 4.63. The highest BCUT2D eigenvalue weighted by Crippen LogP contribution is 2.33. The van der Waals surface area contributed by atoms with Gasteiger partial charge in [-0.05, 0) is 68.1 Å². The van der Waals surface area contributed by atoms with Gasteiger partial charge in [0.1, 0.15) is 5.75 Å². The van der Waals surface area contributed by atoms with E-state index in [1.54, 1.807) is 30.6 Å². The van der Waals surface area contributed by atoms with Gasteiger partial charge in [-0.25, -0.2) is 13.1 Å². The molecule has 3 aromatic rings. The van der Waals surface area contributed by atoms with Crippen LogP contribution in [0.5, 0.6) is 5.75 Å². The molecule has 0 amide bonds. The number of ether oxygens (including phenoxy) is 1. The van der Waals surface area contributed by atoms with E-state index in [-0.39, 0.29) is 11.4 Å². The van der Waals surface area contributed by atoms with Crippen LogP contribution in [0.2, 0.25) is 0 Å². The molecular formula is C24H30N4O3S. The Labute approximate surface area is 189 Å². The summed E-state index contributed by atoms with van der Waals surface area (Å²) in [7, 11) is -3.67. The number of hydrogen-bond acceptors (Lipinski definition) is 5. The molecule has 2 aromatic heterocycles. The minimum absolute atomic E-state index is 0.132. The molecule has 7 nitrogen and oxygen atoms in total. The van der Waals surface area contributed by atoms with Crippen molar-refractivity contribution in [3.8, 4) is 17.0 Å². The number of nitrogens with one attached hydrogen (secondary N) is 1. The van der Waals surface area contributed by atoms with Crippen LogP contribution in [-0.2, 0) is 16.6 Å². The van der Waals surface area contributed by atoms with Gasteiger partial charge in [0.15, 0.2) is 0 Å². The number of hydrogen-bond donors (Lipinski definition) is 1. The van der Waals surface area contributed by atoms with Gasteiger partial charge in [0.05, 0.1) is 35.5 Å². The molecule has 0 atom stereocenters. The summed E-state index contributed by atoms with van der Waals surface area (Å²) in [5.41, 5.74) is 3.53. The van der Waals surface area contributed by atoms with Gasteiger partial charge in [0.25, 0.3) is 0 Å². The third kappa shape index (κ3) is 5.02. The molecule has 8 heteroatoms. The van der Waals surface area contributed by atoms with Crippen LogP contribution in [-0.4, -0.2) is 29.8 Å². The van der Waals surface area contributed by atoms with Crippen molar-refractivity contribution in [3.63, 3.8) is 0 Å². The van der Waals surface area contributed by atoms with Gasteiger partial charge < -0.3 is 4.74 Å². The van der Waals surface area contributed by atoms with Crippen LogP contribution in [0.25, 0.3) is 11.3 Å². The second-order valence-electron chi connectivity index (χ2n) is 8.24. The van der Waals surface area contributed by atoms with E-state index in [1.807, 2.05) is 32.0 Å². The third-order valence-electron chi connectivity index (χ3n) is 5.79. The molecule has 170 valence electrons. The largest absolute Gasteiger partial charge is 0.493 e. The van der Waals surface area contributed by atoms with Gasteiger partial charge in [-0.2, -0.15) is 5.10 Å². The fraction of sp³-hybridized carbons (Fsp3) is 0.417. The van der Waals surface area contributed by atoms with Crippen molar-refractivity contribution in [2.75, 3.05) is 6.61 Å². The number of rotatable bonds is 9. The van der Waals surface area contributed by atoms with Gasteiger partial charge in [-0.3, -0.25) is 9.67 Å². The first-order valence-electron chi connectivity index (χ1n) is 11.2. The van der Waals surface area contributed by atoms with Crippen molar-refractivity contribution >= 4 is 10.0 Å². The second-order valence-corrected chi connectivity index (χ2v) is 10.0. The summed E-state index contributed by atoms with van der Waals surface area (Å²) >= 11 is 0. The Balaban J connectivity index is 1.53. The monoisotopic (exact) mass is 454 g/mol. The Kier molecular flexibility index (Phi) is 6.91. The van der Waals surface area contributed by atoms with E-state index in [1.165, 1.54) is 12.8 Å². The van der Waals surface area contributed by atoms with Crippen molar-refractivity contribution in [1.82, 2.24) is 19.5 Å². The summed E-state index contributed by atoms with van der Waals surface area (Å²) in [5, 5.41) is 4.78. The second kappa shape index (κ2) is 9.83. The lowest BCUT2D eigenvalue weighted by Gasteiger charge is -2.14. The highest BCUT2D eigenvalue weighted by Gasteiger charge is 2.23. The molecule has 2 heterocycles. The van der Waals surface area contributed by atoms with Gasteiger partial charge >= 0.3 is 0 Å². The first-order valence-corrected chi connectivity index (χ1v) is 12.7. The average molecular weight is 455 g/mol. The summed E-state index contributed by atoms with van der Waals surface area (Å²) in [5.74, 6) is 0.711. The lowest BCUT2D eigenvalue weighted by atomic mass is 10.1. The minimum Gasteiger partial charge on any atom is -0.493 e. The number of nitrogens with zero attached hydrogens (tertiary/aromatic N) is 3. The highest BCUT2D eigenvalue weighted by molar-refractivity contribution is 7.89. The fourth-order valence-electron chi connectivity index (χ4n) is 4.11. The maximum absolute atomic E-state index is 12.9. The maximum Gasteiger partial charge on any atom is 0.240 e. The lowest BCUT2D eigenvalue weighted by Crippen LogP contribution is -2.23. The molecule has 0 radical (unpaired) electrons. The van der Waals surface area contributed by atoms with Crippen molar-refractivity contribution in [3.05, 3.63) is 60.0 Å². The lowest BCUT2D eigenvalue weighted by molar-refractivity contribution is 0.315. The van der Waals surface area contributed by atoms with Gasteiger partial charge in [0, 0.05) is 18.0 Å². The Morgan fingerprint density at radius 1 is 1.12 bits per heavy atom. The van der Waals surface area contributed by atoms with E-state index >= 15 is 0 Å². The molecule has 32 heavy (non-hydrogen) atoms. The standard InChI is InChI=1S/C24H30N4O3S/c1-3-14-31-24-9-8-22(15-18(24)2)32(29,30)26-17-20-16-23(19-10-12-25-13-11-19)28(27-20)21-6-4-5-7-21/h8-13,15-16,21,26H,3-7,14,17H2,1-2H3. The number of aryl methyl sites for hydroxylation is 1. The van der Waals surface area contributed by atoms with E-state index in [4.69, 9.17) is 9.84 Å². The van der Waals surface area contributed by atoms with Crippen LogP contribution in [0.1, 0.15) is 56.3 Å². The van der Waals surface area contributed by atoms with Crippen molar-refractivity contribution in [2.45, 2.75) is 63.4 Å². The van der Waals surface area contributed by atoms with Crippen LogP contribution in [0.15, 0.2) is 53.7 Å². The zero-order valence-corrected chi connectivity index (χ0v) is 19.4. The van der Waals surface area contributed by atoms with E-state index < -0.39 is 10.0 Å². The summed E-state index contributed by atoms with van der Waals surface area (Å²) < 4.78 is 36.2. The molecule has 1 aromatic carbocycles. The predicted molar refractivity (Wildman–Crippen MR) is 124 cm³/mol. The van der Waals surface area contributed by atoms with E-state index in [0.717, 1.165) is 36.1 Å². The smallest absolute Gasteiger partial charge is 0.240 e. The van der Waals surface area contributed by atoms with Gasteiger partial charge in [-0.1, -0.05) is 19.8 Å². The van der Waals surface area contributed by atoms with E-state index in [2.05, 4.69) is 14.4 Å². The molecule has 0 bridgehead atoms. The molecule has 1 saturated carbocycles. The average Bonchev–Trinajstić information content (AvgIpc) is 3.47. The van der Waals surface area contributed by atoms with Crippen molar-refractivity contribution in [1.29, 1.82) is 0 Å². The normalized spacial score (nSPS) is 14.7. The third-order valence-corrected chi connectivity index (χ3v) is 7.19. The summed E-state index contributed by atoms with van der Waals surface area (Å²) in [6.07, 6.45) is 9.00. The molecule has 4 rings (SSSR count). The number of aromatic nitrogens is 3. The van der Waals surface area contributed by atoms with Crippen LogP contribution in [0.3, 0.4) is 0 Å². The summed E-state index contributed by atoms with van der Waals surface area (Å²) in [4.78, 5) is 4.33. The molecule has 1 aliphatic carbocycles. The molecule has 0 aliphatic heterocycles. The fourth-order valence-corrected chi connectivity index (χ4v) is 5.20. The number of pyridine rings is 1. The quantitative estimate of drug-likeness (QED) is 0.509. The van der Waals surface area contributed by atoms with Crippen LogP contribution in [0, 0.1) is 6.92 Å². The van der Waals surface area contributed by atoms with Crippen molar-refractivity contribution in [2.24, 2.45) is 0 Å². The molecule has 1 aliphatic rings. The predicted octanol–water partition coefficient (Wildman–Crippen LogP) is 4.64. The van der Waals surface area contributed by atoms with Gasteiger partial charge in [-0.15, -0.1) is 0 Å². The Morgan fingerprint density at radius 3 is 2.56 bits per heavy atom. The molecular weight excluding hydrogens is 424 g/mol. The SMILES string of the molecule is CCCOc1ccc(S(=O)(=O)NCc2cc(-c3ccncc3)n(C3CCCC3)n2)cc1C. The Morgan fingerprint density at radius 2 is 1.88 bits per heavy atom.